The van der Waals surface area contributed by atoms with E-state index in [-0.39, 0.29) is 16.5 Å². The van der Waals surface area contributed by atoms with Crippen LogP contribution in [-0.2, 0) is 16.4 Å². The Bertz CT molecular complexity index is 1270. The first kappa shape index (κ1) is 19.8. The van der Waals surface area contributed by atoms with E-state index < -0.39 is 15.8 Å². The van der Waals surface area contributed by atoms with Crippen molar-refractivity contribution >= 4 is 15.8 Å². The number of nitrogens with zero attached hydrogens (tertiary/aromatic N) is 1. The van der Waals surface area contributed by atoms with Crippen LogP contribution < -0.4 is 4.72 Å². The maximum atomic E-state index is 14.2. The molecule has 0 bridgehead atoms. The van der Waals surface area contributed by atoms with Crippen LogP contribution in [0.5, 0.6) is 0 Å². The molecule has 152 valence electrons. The normalized spacial score (nSPS) is 11.4. The van der Waals surface area contributed by atoms with E-state index in [0.29, 0.717) is 23.4 Å². The van der Waals surface area contributed by atoms with Gasteiger partial charge in [0.2, 0.25) is 5.89 Å². The number of benzene rings is 3. The zero-order chi connectivity index (χ0) is 21.1. The van der Waals surface area contributed by atoms with Gasteiger partial charge in [-0.3, -0.25) is 4.72 Å². The molecule has 5 nitrogen and oxygen atoms in total. The summed E-state index contributed by atoms with van der Waals surface area (Å²) in [5.74, 6) is 0.118. The first-order chi connectivity index (χ1) is 14.4. The minimum absolute atomic E-state index is 0.0264. The van der Waals surface area contributed by atoms with Crippen LogP contribution in [0.1, 0.15) is 17.0 Å². The van der Waals surface area contributed by atoms with E-state index >= 15 is 0 Å². The molecule has 0 spiro atoms. The highest BCUT2D eigenvalue weighted by Crippen LogP contribution is 2.34. The number of aromatic nitrogens is 1. The lowest BCUT2D eigenvalue weighted by atomic mass is 10.1. The maximum absolute atomic E-state index is 14.2. The summed E-state index contributed by atoms with van der Waals surface area (Å²) in [6.07, 6.45) is 0.370. The van der Waals surface area contributed by atoms with E-state index in [1.807, 2.05) is 30.3 Å². The monoisotopic (exact) mass is 422 g/mol. The third kappa shape index (κ3) is 4.11. The molecule has 0 saturated carbocycles. The Kier molecular flexibility index (Phi) is 5.37. The molecule has 0 unspecified atom stereocenters. The van der Waals surface area contributed by atoms with Crippen LogP contribution in [0.3, 0.4) is 0 Å². The van der Waals surface area contributed by atoms with Gasteiger partial charge in [-0.05, 0) is 36.2 Å². The predicted molar refractivity (Wildman–Crippen MR) is 113 cm³/mol. The predicted octanol–water partition coefficient (Wildman–Crippen LogP) is 5.18. The Morgan fingerprint density at radius 1 is 0.933 bits per heavy atom. The standard InChI is InChI=1S/C23H19FN2O3S/c1-16-19(13-8-14-20(16)24)22-23(26-30(27,28)18-11-6-3-7-12-18)25-21(29-22)15-17-9-4-2-5-10-17/h2-14,26H,15H2,1H3. The average Bonchev–Trinajstić information content (AvgIpc) is 3.12. The number of sulfonamides is 1. The molecule has 1 aromatic heterocycles. The molecule has 3 aromatic carbocycles. The second-order valence-electron chi connectivity index (χ2n) is 6.78. The lowest BCUT2D eigenvalue weighted by molar-refractivity contribution is 0.518. The molecule has 0 aliphatic carbocycles. The number of anilines is 1. The van der Waals surface area contributed by atoms with Gasteiger partial charge in [-0.2, -0.15) is 4.98 Å². The minimum atomic E-state index is -3.89. The Morgan fingerprint density at radius 3 is 2.30 bits per heavy atom. The molecule has 7 heteroatoms. The van der Waals surface area contributed by atoms with E-state index in [1.165, 1.54) is 18.2 Å². The first-order valence-corrected chi connectivity index (χ1v) is 10.8. The van der Waals surface area contributed by atoms with Crippen LogP contribution in [0.2, 0.25) is 0 Å². The summed E-state index contributed by atoms with van der Waals surface area (Å²) in [6, 6.07) is 22.1. The molecular weight excluding hydrogens is 403 g/mol. The van der Waals surface area contributed by atoms with Crippen molar-refractivity contribution in [2.45, 2.75) is 18.2 Å². The second kappa shape index (κ2) is 8.12. The van der Waals surface area contributed by atoms with Crippen molar-refractivity contribution in [3.05, 3.63) is 102 Å². The van der Waals surface area contributed by atoms with Gasteiger partial charge >= 0.3 is 0 Å². The number of rotatable bonds is 6. The Hall–Kier alpha value is -3.45. The van der Waals surface area contributed by atoms with E-state index in [4.69, 9.17) is 4.42 Å². The first-order valence-electron chi connectivity index (χ1n) is 9.31. The maximum Gasteiger partial charge on any atom is 0.263 e. The zero-order valence-corrected chi connectivity index (χ0v) is 17.0. The van der Waals surface area contributed by atoms with Crippen LogP contribution in [0.4, 0.5) is 10.2 Å². The van der Waals surface area contributed by atoms with Crippen molar-refractivity contribution in [3.8, 4) is 11.3 Å². The molecule has 4 rings (SSSR count). The molecular formula is C23H19FN2O3S. The highest BCUT2D eigenvalue weighted by Gasteiger charge is 2.23. The number of nitrogens with one attached hydrogen (secondary N) is 1. The number of hydrogen-bond acceptors (Lipinski definition) is 4. The average molecular weight is 422 g/mol. The summed E-state index contributed by atoms with van der Waals surface area (Å²) in [5, 5.41) is 0. The van der Waals surface area contributed by atoms with Crippen molar-refractivity contribution in [3.63, 3.8) is 0 Å². The molecule has 0 atom stereocenters. The molecule has 0 aliphatic rings. The highest BCUT2D eigenvalue weighted by atomic mass is 32.2. The van der Waals surface area contributed by atoms with Crippen molar-refractivity contribution in [1.29, 1.82) is 0 Å². The molecule has 30 heavy (non-hydrogen) atoms. The number of halogens is 1. The van der Waals surface area contributed by atoms with Gasteiger partial charge in [-0.15, -0.1) is 0 Å². The van der Waals surface area contributed by atoms with Crippen LogP contribution in [0, 0.1) is 12.7 Å². The van der Waals surface area contributed by atoms with Crippen molar-refractivity contribution in [2.24, 2.45) is 0 Å². The fourth-order valence-electron chi connectivity index (χ4n) is 3.10. The lowest BCUT2D eigenvalue weighted by Gasteiger charge is -2.08. The largest absolute Gasteiger partial charge is 0.438 e. The van der Waals surface area contributed by atoms with Gasteiger partial charge in [-0.1, -0.05) is 60.7 Å². The van der Waals surface area contributed by atoms with E-state index in [0.717, 1.165) is 5.56 Å². The number of hydrogen-bond donors (Lipinski definition) is 1. The van der Waals surface area contributed by atoms with Gasteiger partial charge < -0.3 is 4.42 Å². The van der Waals surface area contributed by atoms with Gasteiger partial charge in [0.15, 0.2) is 11.6 Å². The van der Waals surface area contributed by atoms with Gasteiger partial charge in [-0.25, -0.2) is 12.8 Å². The lowest BCUT2D eigenvalue weighted by Crippen LogP contribution is -2.13. The summed E-state index contributed by atoms with van der Waals surface area (Å²) in [6.45, 7) is 1.61. The summed E-state index contributed by atoms with van der Waals surface area (Å²) in [7, 11) is -3.89. The highest BCUT2D eigenvalue weighted by molar-refractivity contribution is 7.92. The zero-order valence-electron chi connectivity index (χ0n) is 16.2. The molecule has 0 saturated heterocycles. The Labute approximate surface area is 174 Å². The summed E-state index contributed by atoms with van der Waals surface area (Å²) in [5.41, 5.74) is 1.74. The van der Waals surface area contributed by atoms with Gasteiger partial charge in [0, 0.05) is 12.0 Å². The SMILES string of the molecule is Cc1c(F)cccc1-c1oc(Cc2ccccc2)nc1NS(=O)(=O)c1ccccc1. The van der Waals surface area contributed by atoms with Crippen LogP contribution in [0.15, 0.2) is 88.2 Å². The smallest absolute Gasteiger partial charge is 0.263 e. The third-order valence-electron chi connectivity index (χ3n) is 4.67. The van der Waals surface area contributed by atoms with Gasteiger partial charge in [0.05, 0.1) is 4.90 Å². The van der Waals surface area contributed by atoms with E-state index in [9.17, 15) is 12.8 Å². The summed E-state index contributed by atoms with van der Waals surface area (Å²) < 4.78 is 48.2. The quantitative estimate of drug-likeness (QED) is 0.465. The van der Waals surface area contributed by atoms with E-state index in [1.54, 1.807) is 37.3 Å². The second-order valence-corrected chi connectivity index (χ2v) is 8.46. The van der Waals surface area contributed by atoms with Gasteiger partial charge in [0.1, 0.15) is 5.82 Å². The number of oxazole rings is 1. The molecule has 0 aliphatic heterocycles. The fourth-order valence-corrected chi connectivity index (χ4v) is 4.13. The minimum Gasteiger partial charge on any atom is -0.438 e. The summed E-state index contributed by atoms with van der Waals surface area (Å²) >= 11 is 0. The van der Waals surface area contributed by atoms with Crippen LogP contribution >= 0.6 is 0 Å². The summed E-state index contributed by atoms with van der Waals surface area (Å²) in [4.78, 5) is 4.48. The third-order valence-corrected chi connectivity index (χ3v) is 6.02. The molecule has 1 heterocycles. The van der Waals surface area contributed by atoms with E-state index in [2.05, 4.69) is 9.71 Å². The Morgan fingerprint density at radius 2 is 1.60 bits per heavy atom. The van der Waals surface area contributed by atoms with Crippen LogP contribution in [0.25, 0.3) is 11.3 Å². The molecule has 0 fully saturated rings. The van der Waals surface area contributed by atoms with Crippen LogP contribution in [-0.4, -0.2) is 13.4 Å². The Balaban J connectivity index is 1.78. The van der Waals surface area contributed by atoms with Gasteiger partial charge in [0.25, 0.3) is 10.0 Å². The molecule has 0 radical (unpaired) electrons. The van der Waals surface area contributed by atoms with Crippen molar-refractivity contribution < 1.29 is 17.2 Å². The molecule has 0 amide bonds. The fraction of sp³-hybridized carbons (Fsp3) is 0.0870. The molecule has 1 N–H and O–H groups in total. The molecule has 4 aromatic rings. The van der Waals surface area contributed by atoms with Crippen molar-refractivity contribution in [1.82, 2.24) is 4.98 Å². The topological polar surface area (TPSA) is 72.2 Å². The van der Waals surface area contributed by atoms with Crippen molar-refractivity contribution in [2.75, 3.05) is 4.72 Å².